The van der Waals surface area contributed by atoms with Gasteiger partial charge in [0.2, 0.25) is 0 Å². The zero-order chi connectivity index (χ0) is 6.41. The topological polar surface area (TPSA) is 20.2 Å². The first-order chi connectivity index (χ1) is 3.52. The molecule has 48 valence electrons. The molecule has 1 unspecified atom stereocenters. The van der Waals surface area contributed by atoms with Gasteiger partial charge >= 0.3 is 0 Å². The molecule has 0 radical (unpaired) electrons. The van der Waals surface area contributed by atoms with Crippen LogP contribution in [0.5, 0.6) is 0 Å². The van der Waals surface area contributed by atoms with Crippen LogP contribution in [0.2, 0.25) is 0 Å². The first-order valence-corrected chi connectivity index (χ1v) is 2.57. The minimum atomic E-state index is -2.83. The molecule has 1 nitrogen and oxygen atoms in total. The predicted molar refractivity (Wildman–Crippen MR) is 25.2 cm³/mol. The smallest absolute Gasteiger partial charge is 0.271 e. The Morgan fingerprint density at radius 2 is 2.00 bits per heavy atom. The summed E-state index contributed by atoms with van der Waals surface area (Å²) in [5.74, 6) is -2.83. The summed E-state index contributed by atoms with van der Waals surface area (Å²) in [6, 6.07) is 0. The molecule has 1 saturated carbocycles. The van der Waals surface area contributed by atoms with Gasteiger partial charge in [0.05, 0.1) is 6.61 Å². The number of hydrogen-bond acceptors (Lipinski definition) is 1. The van der Waals surface area contributed by atoms with E-state index in [1.165, 1.54) is 0 Å². The van der Waals surface area contributed by atoms with Crippen LogP contribution in [0.15, 0.2) is 0 Å². The second-order valence-corrected chi connectivity index (χ2v) is 2.73. The van der Waals surface area contributed by atoms with E-state index in [9.17, 15) is 8.78 Å². The van der Waals surface area contributed by atoms with Gasteiger partial charge in [-0.25, -0.2) is 8.78 Å². The van der Waals surface area contributed by atoms with Crippen molar-refractivity contribution in [1.82, 2.24) is 0 Å². The van der Waals surface area contributed by atoms with E-state index >= 15 is 0 Å². The summed E-state index contributed by atoms with van der Waals surface area (Å²) in [4.78, 5) is -1.62. The van der Waals surface area contributed by atoms with E-state index in [0.29, 0.717) is 0 Å². The molecule has 8 heavy (non-hydrogen) atoms. The monoisotopic (exact) mass is 142 g/mol. The number of halogens is 3. The lowest BCUT2D eigenvalue weighted by molar-refractivity contribution is 0.0900. The van der Waals surface area contributed by atoms with Crippen LogP contribution in [0.3, 0.4) is 0 Å². The van der Waals surface area contributed by atoms with Gasteiger partial charge in [-0.1, -0.05) is 0 Å². The van der Waals surface area contributed by atoms with Gasteiger partial charge in [-0.3, -0.25) is 0 Å². The summed E-state index contributed by atoms with van der Waals surface area (Å²) in [6.45, 7) is -0.637. The van der Waals surface area contributed by atoms with E-state index in [1.54, 1.807) is 0 Å². The highest BCUT2D eigenvalue weighted by molar-refractivity contribution is 6.27. The molecule has 0 bridgehead atoms. The van der Waals surface area contributed by atoms with Crippen molar-refractivity contribution in [3.8, 4) is 0 Å². The predicted octanol–water partition coefficient (Wildman–Crippen LogP) is 0.995. The Bertz CT molecular complexity index is 117. The Labute approximate surface area is 50.3 Å². The normalized spacial score (nSPS) is 42.0. The van der Waals surface area contributed by atoms with Crippen LogP contribution < -0.4 is 0 Å². The fraction of sp³-hybridized carbons (Fsp3) is 1.00. The van der Waals surface area contributed by atoms with Crippen LogP contribution in [0.25, 0.3) is 0 Å². The molecule has 0 amide bonds. The van der Waals surface area contributed by atoms with Crippen molar-refractivity contribution in [2.24, 2.45) is 0 Å². The minimum absolute atomic E-state index is 0.391. The molecule has 0 aliphatic heterocycles. The third-order valence-electron chi connectivity index (χ3n) is 1.28. The quantitative estimate of drug-likeness (QED) is 0.542. The van der Waals surface area contributed by atoms with Crippen molar-refractivity contribution in [2.45, 2.75) is 17.2 Å². The van der Waals surface area contributed by atoms with E-state index in [4.69, 9.17) is 16.7 Å². The lowest BCUT2D eigenvalue weighted by Crippen LogP contribution is -2.14. The molecule has 0 aromatic heterocycles. The standard InChI is InChI=1S/C4H5ClF2O/c5-3(2-8)1-4(3,6)7/h8H,1-2H2. The van der Waals surface area contributed by atoms with Crippen LogP contribution in [-0.2, 0) is 0 Å². The van der Waals surface area contributed by atoms with Crippen molar-refractivity contribution >= 4 is 11.6 Å². The van der Waals surface area contributed by atoms with Gasteiger partial charge in [0.15, 0.2) is 0 Å². The van der Waals surface area contributed by atoms with Gasteiger partial charge in [0.25, 0.3) is 5.92 Å². The van der Waals surface area contributed by atoms with Crippen LogP contribution in [0.1, 0.15) is 6.42 Å². The highest BCUT2D eigenvalue weighted by Gasteiger charge is 2.70. The lowest BCUT2D eigenvalue weighted by Gasteiger charge is -1.99. The maximum atomic E-state index is 11.9. The number of hydrogen-bond donors (Lipinski definition) is 1. The maximum absolute atomic E-state index is 11.9. The summed E-state index contributed by atoms with van der Waals surface area (Å²) in [5, 5.41) is 8.19. The van der Waals surface area contributed by atoms with Crippen molar-refractivity contribution in [1.29, 1.82) is 0 Å². The van der Waals surface area contributed by atoms with Crippen molar-refractivity contribution in [3.05, 3.63) is 0 Å². The highest BCUT2D eigenvalue weighted by atomic mass is 35.5. The fourth-order valence-corrected chi connectivity index (χ4v) is 0.647. The van der Waals surface area contributed by atoms with Gasteiger partial charge in [-0.05, 0) is 0 Å². The zero-order valence-corrected chi connectivity index (χ0v) is 4.75. The Balaban J connectivity index is 2.55. The summed E-state index contributed by atoms with van der Waals surface area (Å²) in [5.41, 5.74) is 0. The molecule has 0 saturated heterocycles. The molecule has 0 aromatic carbocycles. The van der Waals surface area contributed by atoms with Gasteiger partial charge in [0, 0.05) is 6.42 Å². The largest absolute Gasteiger partial charge is 0.394 e. The molecule has 1 N–H and O–H groups in total. The van der Waals surface area contributed by atoms with Gasteiger partial charge in [-0.2, -0.15) is 0 Å². The van der Waals surface area contributed by atoms with E-state index < -0.39 is 23.8 Å². The summed E-state index contributed by atoms with van der Waals surface area (Å²) in [6.07, 6.45) is -0.391. The van der Waals surface area contributed by atoms with E-state index in [-0.39, 0.29) is 0 Å². The van der Waals surface area contributed by atoms with Crippen LogP contribution >= 0.6 is 11.6 Å². The molecule has 1 aliphatic rings. The molecule has 4 heteroatoms. The van der Waals surface area contributed by atoms with Crippen LogP contribution in [0, 0.1) is 0 Å². The fourth-order valence-electron chi connectivity index (χ4n) is 0.479. The third-order valence-corrected chi connectivity index (χ3v) is 1.81. The molecule has 1 rings (SSSR count). The highest BCUT2D eigenvalue weighted by Crippen LogP contribution is 2.57. The molecule has 0 heterocycles. The Hall–Kier alpha value is 0.110. The van der Waals surface area contributed by atoms with Crippen molar-refractivity contribution in [3.63, 3.8) is 0 Å². The van der Waals surface area contributed by atoms with E-state index in [0.717, 1.165) is 0 Å². The average Bonchev–Trinajstić information content (AvgIpc) is 2.10. The van der Waals surface area contributed by atoms with Crippen molar-refractivity contribution in [2.75, 3.05) is 6.61 Å². The molecule has 0 aromatic rings. The van der Waals surface area contributed by atoms with Gasteiger partial charge in [0.1, 0.15) is 4.87 Å². The summed E-state index contributed by atoms with van der Waals surface area (Å²) < 4.78 is 23.8. The number of aliphatic hydroxyl groups is 1. The zero-order valence-electron chi connectivity index (χ0n) is 4.00. The molecular weight excluding hydrogens is 137 g/mol. The van der Waals surface area contributed by atoms with Gasteiger partial charge in [-0.15, -0.1) is 11.6 Å². The molecule has 1 atom stereocenters. The average molecular weight is 143 g/mol. The van der Waals surface area contributed by atoms with E-state index in [1.807, 2.05) is 0 Å². The molecule has 1 fully saturated rings. The number of rotatable bonds is 1. The SMILES string of the molecule is OCC1(Cl)CC1(F)F. The summed E-state index contributed by atoms with van der Waals surface area (Å²) >= 11 is 5.12. The number of alkyl halides is 3. The maximum Gasteiger partial charge on any atom is 0.271 e. The van der Waals surface area contributed by atoms with Crippen molar-refractivity contribution < 1.29 is 13.9 Å². The first-order valence-electron chi connectivity index (χ1n) is 2.19. The molecular formula is C4H5ClF2O. The van der Waals surface area contributed by atoms with Crippen LogP contribution in [0.4, 0.5) is 8.78 Å². The minimum Gasteiger partial charge on any atom is -0.394 e. The first kappa shape index (κ1) is 6.23. The number of aliphatic hydroxyl groups excluding tert-OH is 1. The second-order valence-electron chi connectivity index (χ2n) is 2.00. The Morgan fingerprint density at radius 1 is 1.62 bits per heavy atom. The van der Waals surface area contributed by atoms with Gasteiger partial charge < -0.3 is 5.11 Å². The molecule has 1 aliphatic carbocycles. The Kier molecular flexibility index (Phi) is 1.04. The second kappa shape index (κ2) is 1.33. The van der Waals surface area contributed by atoms with Crippen LogP contribution in [-0.4, -0.2) is 22.5 Å². The summed E-state index contributed by atoms with van der Waals surface area (Å²) in [7, 11) is 0. The van der Waals surface area contributed by atoms with E-state index in [2.05, 4.69) is 0 Å². The molecule has 0 spiro atoms. The third kappa shape index (κ3) is 0.615. The lowest BCUT2D eigenvalue weighted by atomic mass is 10.4. The Morgan fingerprint density at radius 3 is 2.00 bits per heavy atom.